The number of rotatable bonds is 2. The quantitative estimate of drug-likeness (QED) is 0.767. The van der Waals surface area contributed by atoms with E-state index in [-0.39, 0.29) is 6.10 Å². The molecule has 2 heterocycles. The monoisotopic (exact) mass is 251 g/mol. The summed E-state index contributed by atoms with van der Waals surface area (Å²) in [6, 6.07) is 1.91. The number of thiocarbonyl (C=S) groups is 1. The molecule has 0 atom stereocenters. The van der Waals surface area contributed by atoms with Crippen LogP contribution >= 0.6 is 12.2 Å². The van der Waals surface area contributed by atoms with E-state index >= 15 is 0 Å². The van der Waals surface area contributed by atoms with Crippen LogP contribution in [0.2, 0.25) is 0 Å². The highest BCUT2D eigenvalue weighted by Crippen LogP contribution is 2.24. The molecule has 5 heteroatoms. The lowest BCUT2D eigenvalue weighted by Gasteiger charge is -2.32. The van der Waals surface area contributed by atoms with Crippen molar-refractivity contribution in [1.82, 2.24) is 4.98 Å². The third-order valence-corrected chi connectivity index (χ3v) is 3.35. The second-order valence-corrected chi connectivity index (χ2v) is 4.85. The normalized spacial score (nSPS) is 17.2. The first kappa shape index (κ1) is 12.3. The molecule has 3 N–H and O–H groups in total. The highest BCUT2D eigenvalue weighted by atomic mass is 32.1. The number of pyridine rings is 1. The summed E-state index contributed by atoms with van der Waals surface area (Å²) in [7, 11) is 0. The zero-order valence-corrected chi connectivity index (χ0v) is 10.7. The topological polar surface area (TPSA) is 62.4 Å². The fourth-order valence-corrected chi connectivity index (χ4v) is 2.42. The minimum absolute atomic E-state index is 0.190. The number of hydrogen-bond acceptors (Lipinski definition) is 4. The van der Waals surface area contributed by atoms with Gasteiger partial charge in [0, 0.05) is 19.3 Å². The molecule has 1 aromatic heterocycles. The number of anilines is 1. The summed E-state index contributed by atoms with van der Waals surface area (Å²) in [6.07, 6.45) is 3.13. The number of piperidine rings is 1. The van der Waals surface area contributed by atoms with Crippen molar-refractivity contribution in [3.63, 3.8) is 0 Å². The maximum absolute atomic E-state index is 9.51. The molecule has 0 saturated carbocycles. The average Bonchev–Trinajstić information content (AvgIpc) is 2.29. The van der Waals surface area contributed by atoms with Gasteiger partial charge in [-0.2, -0.15) is 0 Å². The second kappa shape index (κ2) is 4.98. The maximum atomic E-state index is 9.51. The van der Waals surface area contributed by atoms with Gasteiger partial charge in [-0.1, -0.05) is 12.2 Å². The van der Waals surface area contributed by atoms with Crippen molar-refractivity contribution in [3.8, 4) is 0 Å². The highest BCUT2D eigenvalue weighted by molar-refractivity contribution is 7.80. The fraction of sp³-hybridized carbons (Fsp3) is 0.500. The van der Waals surface area contributed by atoms with E-state index in [1.54, 1.807) is 6.20 Å². The molecule has 0 aliphatic carbocycles. The Morgan fingerprint density at radius 2 is 2.18 bits per heavy atom. The molecular weight excluding hydrogens is 234 g/mol. The lowest BCUT2D eigenvalue weighted by Crippen LogP contribution is -2.37. The number of nitrogens with two attached hydrogens (primary N) is 1. The third-order valence-electron chi connectivity index (χ3n) is 3.15. The average molecular weight is 251 g/mol. The van der Waals surface area contributed by atoms with Gasteiger partial charge < -0.3 is 15.7 Å². The number of nitrogens with zero attached hydrogens (tertiary/aromatic N) is 2. The SMILES string of the molecule is Cc1ccnc(N2CCC(O)CC2)c1C(N)=S. The van der Waals surface area contributed by atoms with Crippen LogP contribution in [0.4, 0.5) is 5.82 Å². The first-order valence-electron chi connectivity index (χ1n) is 5.78. The lowest BCUT2D eigenvalue weighted by atomic mass is 10.1. The van der Waals surface area contributed by atoms with E-state index in [1.807, 2.05) is 13.0 Å². The molecule has 4 nitrogen and oxygen atoms in total. The van der Waals surface area contributed by atoms with Gasteiger partial charge in [0.1, 0.15) is 10.8 Å². The van der Waals surface area contributed by atoms with Crippen molar-refractivity contribution in [2.24, 2.45) is 5.73 Å². The minimum atomic E-state index is -0.190. The Morgan fingerprint density at radius 3 is 2.76 bits per heavy atom. The molecule has 1 aliphatic heterocycles. The smallest absolute Gasteiger partial charge is 0.139 e. The van der Waals surface area contributed by atoms with Crippen molar-refractivity contribution in [1.29, 1.82) is 0 Å². The van der Waals surface area contributed by atoms with Crippen LogP contribution in [0.5, 0.6) is 0 Å². The number of aliphatic hydroxyl groups is 1. The Hall–Kier alpha value is -1.20. The van der Waals surface area contributed by atoms with Gasteiger partial charge in [-0.3, -0.25) is 0 Å². The van der Waals surface area contributed by atoms with Gasteiger partial charge in [0.25, 0.3) is 0 Å². The molecule has 0 spiro atoms. The molecule has 0 unspecified atom stereocenters. The molecule has 92 valence electrons. The van der Waals surface area contributed by atoms with Crippen molar-refractivity contribution in [2.75, 3.05) is 18.0 Å². The Morgan fingerprint density at radius 1 is 1.53 bits per heavy atom. The van der Waals surface area contributed by atoms with E-state index in [2.05, 4.69) is 9.88 Å². The summed E-state index contributed by atoms with van der Waals surface area (Å²) in [5.41, 5.74) is 7.67. The van der Waals surface area contributed by atoms with E-state index in [0.29, 0.717) is 4.99 Å². The fourth-order valence-electron chi connectivity index (χ4n) is 2.17. The molecular formula is C12H17N3OS. The van der Waals surface area contributed by atoms with Crippen LogP contribution in [0.15, 0.2) is 12.3 Å². The lowest BCUT2D eigenvalue weighted by molar-refractivity contribution is 0.145. The molecule has 2 rings (SSSR count). The Balaban J connectivity index is 2.32. The number of aryl methyl sites for hydroxylation is 1. The summed E-state index contributed by atoms with van der Waals surface area (Å²) in [6.45, 7) is 3.58. The molecule has 17 heavy (non-hydrogen) atoms. The van der Waals surface area contributed by atoms with Crippen molar-refractivity contribution >= 4 is 23.0 Å². The van der Waals surface area contributed by atoms with Crippen molar-refractivity contribution in [3.05, 3.63) is 23.4 Å². The minimum Gasteiger partial charge on any atom is -0.393 e. The van der Waals surface area contributed by atoms with E-state index in [1.165, 1.54) is 0 Å². The van der Waals surface area contributed by atoms with E-state index in [9.17, 15) is 5.11 Å². The first-order chi connectivity index (χ1) is 8.09. The molecule has 0 radical (unpaired) electrons. The van der Waals surface area contributed by atoms with Crippen LogP contribution in [0.3, 0.4) is 0 Å². The van der Waals surface area contributed by atoms with Crippen LogP contribution in [0.1, 0.15) is 24.0 Å². The highest BCUT2D eigenvalue weighted by Gasteiger charge is 2.21. The third kappa shape index (κ3) is 2.56. The largest absolute Gasteiger partial charge is 0.393 e. The van der Waals surface area contributed by atoms with Crippen LogP contribution < -0.4 is 10.6 Å². The standard InChI is InChI=1S/C12H17N3OS/c1-8-2-5-14-12(10(8)11(13)17)15-6-3-9(16)4-7-15/h2,5,9,16H,3-4,6-7H2,1H3,(H2,13,17). The summed E-state index contributed by atoms with van der Waals surface area (Å²) in [4.78, 5) is 6.92. The molecule has 1 aromatic rings. The molecule has 1 aliphatic rings. The van der Waals surface area contributed by atoms with Crippen molar-refractivity contribution < 1.29 is 5.11 Å². The predicted molar refractivity (Wildman–Crippen MR) is 72.3 cm³/mol. The summed E-state index contributed by atoms with van der Waals surface area (Å²) in [5, 5.41) is 9.51. The number of aromatic nitrogens is 1. The van der Waals surface area contributed by atoms with Gasteiger partial charge in [-0.05, 0) is 31.4 Å². The number of hydrogen-bond donors (Lipinski definition) is 2. The molecule has 0 bridgehead atoms. The summed E-state index contributed by atoms with van der Waals surface area (Å²) < 4.78 is 0. The van der Waals surface area contributed by atoms with Crippen LogP contribution in [0, 0.1) is 6.92 Å². The van der Waals surface area contributed by atoms with Crippen LogP contribution in [-0.2, 0) is 0 Å². The Kier molecular flexibility index (Phi) is 3.59. The first-order valence-corrected chi connectivity index (χ1v) is 6.19. The van der Waals surface area contributed by atoms with Gasteiger partial charge in [0.15, 0.2) is 0 Å². The maximum Gasteiger partial charge on any atom is 0.139 e. The summed E-state index contributed by atoms with van der Waals surface area (Å²) >= 11 is 5.09. The van der Waals surface area contributed by atoms with E-state index < -0.39 is 0 Å². The van der Waals surface area contributed by atoms with Gasteiger partial charge in [-0.25, -0.2) is 4.98 Å². The van der Waals surface area contributed by atoms with Crippen molar-refractivity contribution in [2.45, 2.75) is 25.9 Å². The van der Waals surface area contributed by atoms with Crippen LogP contribution in [-0.4, -0.2) is 34.3 Å². The van der Waals surface area contributed by atoms with Gasteiger partial charge >= 0.3 is 0 Å². The zero-order valence-electron chi connectivity index (χ0n) is 9.89. The predicted octanol–water partition coefficient (Wildman–Crippen LogP) is 0.985. The molecule has 0 amide bonds. The Labute approximate surface area is 106 Å². The summed E-state index contributed by atoms with van der Waals surface area (Å²) in [5.74, 6) is 0.851. The van der Waals surface area contributed by atoms with Gasteiger partial charge in [-0.15, -0.1) is 0 Å². The van der Waals surface area contributed by atoms with Gasteiger partial charge in [0.2, 0.25) is 0 Å². The van der Waals surface area contributed by atoms with Crippen LogP contribution in [0.25, 0.3) is 0 Å². The Bertz CT molecular complexity index is 428. The van der Waals surface area contributed by atoms with Gasteiger partial charge in [0.05, 0.1) is 11.7 Å². The zero-order chi connectivity index (χ0) is 12.4. The second-order valence-electron chi connectivity index (χ2n) is 4.41. The number of aliphatic hydroxyl groups excluding tert-OH is 1. The van der Waals surface area contributed by atoms with E-state index in [4.69, 9.17) is 18.0 Å². The molecule has 1 fully saturated rings. The molecule has 0 aromatic carbocycles. The molecule has 1 saturated heterocycles. The van der Waals surface area contributed by atoms with E-state index in [0.717, 1.165) is 42.9 Å².